The second-order valence-corrected chi connectivity index (χ2v) is 8.94. The molecule has 3 aromatic heterocycles. The number of aromatic nitrogens is 5. The monoisotopic (exact) mass is 474 g/mol. The third kappa shape index (κ3) is 4.90. The van der Waals surface area contributed by atoms with Crippen molar-refractivity contribution in [2.24, 2.45) is 11.7 Å². The van der Waals surface area contributed by atoms with E-state index < -0.39 is 5.91 Å². The molecule has 2 amide bonds. The topological polar surface area (TPSA) is 150 Å². The average Bonchev–Trinajstić information content (AvgIpc) is 3.50. The number of primary amides is 1. The lowest BCUT2D eigenvalue weighted by molar-refractivity contribution is -0.132. The molecule has 0 aliphatic carbocycles. The number of hydrogen-bond acceptors (Lipinski definition) is 9. The minimum Gasteiger partial charge on any atom is -0.364 e. The van der Waals surface area contributed by atoms with Gasteiger partial charge in [0.25, 0.3) is 5.91 Å². The summed E-state index contributed by atoms with van der Waals surface area (Å²) >= 11 is 0. The molecule has 3 aromatic rings. The number of hydrogen-bond donors (Lipinski definition) is 1. The first kappa shape index (κ1) is 22.7. The van der Waals surface area contributed by atoms with Gasteiger partial charge < -0.3 is 20.1 Å². The highest BCUT2D eigenvalue weighted by Crippen LogP contribution is 2.21. The molecule has 5 heterocycles. The van der Waals surface area contributed by atoms with Crippen LogP contribution in [-0.4, -0.2) is 91.9 Å². The number of anilines is 1. The highest BCUT2D eigenvalue weighted by atomic mass is 16.2. The molecule has 180 valence electrons. The summed E-state index contributed by atoms with van der Waals surface area (Å²) in [5.41, 5.74) is 7.40. The molecule has 12 heteroatoms. The molecule has 0 aromatic carbocycles. The number of fused-ring (bicyclic) bond motifs is 1. The van der Waals surface area contributed by atoms with Gasteiger partial charge in [-0.1, -0.05) is 0 Å². The summed E-state index contributed by atoms with van der Waals surface area (Å²) in [6, 6.07) is 5.36. The van der Waals surface area contributed by atoms with Crippen molar-refractivity contribution in [3.8, 4) is 6.07 Å². The SMILES string of the molecule is N#Cc1cnc(N2CCN(C(=O)CN3CCC(Cn4cnc5ccc(C(N)=O)nc54)C3)CC2)nc1. The molecular weight excluding hydrogens is 448 g/mol. The van der Waals surface area contributed by atoms with Crippen LogP contribution in [0, 0.1) is 17.2 Å². The van der Waals surface area contributed by atoms with E-state index in [-0.39, 0.29) is 11.6 Å². The van der Waals surface area contributed by atoms with Crippen LogP contribution in [0.2, 0.25) is 0 Å². The molecule has 1 atom stereocenters. The smallest absolute Gasteiger partial charge is 0.267 e. The Hall–Kier alpha value is -4.11. The summed E-state index contributed by atoms with van der Waals surface area (Å²) in [4.78, 5) is 47.7. The molecular formula is C23H26N10O2. The Balaban J connectivity index is 1.12. The quantitative estimate of drug-likeness (QED) is 0.515. The van der Waals surface area contributed by atoms with Gasteiger partial charge in [0.05, 0.1) is 30.8 Å². The van der Waals surface area contributed by atoms with E-state index in [9.17, 15) is 9.59 Å². The zero-order valence-electron chi connectivity index (χ0n) is 19.2. The molecule has 2 saturated heterocycles. The van der Waals surface area contributed by atoms with Gasteiger partial charge in [0.1, 0.15) is 17.3 Å². The second-order valence-electron chi connectivity index (χ2n) is 8.94. The number of imidazole rings is 1. The number of likely N-dealkylation sites (tertiary alicyclic amines) is 1. The summed E-state index contributed by atoms with van der Waals surface area (Å²) in [5, 5.41) is 8.89. The molecule has 0 radical (unpaired) electrons. The molecule has 5 rings (SSSR count). The maximum atomic E-state index is 12.9. The molecule has 2 aliphatic heterocycles. The largest absolute Gasteiger partial charge is 0.364 e. The van der Waals surface area contributed by atoms with E-state index >= 15 is 0 Å². The van der Waals surface area contributed by atoms with Gasteiger partial charge in [0.15, 0.2) is 5.65 Å². The van der Waals surface area contributed by atoms with Crippen LogP contribution in [0.1, 0.15) is 22.5 Å². The summed E-state index contributed by atoms with van der Waals surface area (Å²) < 4.78 is 1.96. The molecule has 2 fully saturated rings. The Morgan fingerprint density at radius 2 is 1.86 bits per heavy atom. The van der Waals surface area contributed by atoms with Crippen molar-refractivity contribution in [3.63, 3.8) is 0 Å². The average molecular weight is 475 g/mol. The van der Waals surface area contributed by atoms with Crippen LogP contribution in [0.15, 0.2) is 30.9 Å². The fraction of sp³-hybridized carbons (Fsp3) is 0.435. The molecule has 0 bridgehead atoms. The predicted molar refractivity (Wildman–Crippen MR) is 126 cm³/mol. The van der Waals surface area contributed by atoms with E-state index in [4.69, 9.17) is 11.0 Å². The van der Waals surface area contributed by atoms with Crippen molar-refractivity contribution in [2.45, 2.75) is 13.0 Å². The number of pyridine rings is 1. The number of nitrogens with two attached hydrogens (primary N) is 1. The van der Waals surface area contributed by atoms with E-state index in [1.54, 1.807) is 18.5 Å². The highest BCUT2D eigenvalue weighted by Gasteiger charge is 2.28. The van der Waals surface area contributed by atoms with E-state index in [1.165, 1.54) is 12.4 Å². The van der Waals surface area contributed by atoms with Gasteiger partial charge in [-0.05, 0) is 31.0 Å². The van der Waals surface area contributed by atoms with Gasteiger partial charge in [-0.15, -0.1) is 0 Å². The summed E-state index contributed by atoms with van der Waals surface area (Å²) in [6.07, 6.45) is 5.76. The van der Waals surface area contributed by atoms with E-state index in [0.717, 1.165) is 31.6 Å². The third-order valence-electron chi connectivity index (χ3n) is 6.58. The number of amides is 2. The molecule has 2 aliphatic rings. The van der Waals surface area contributed by atoms with E-state index in [1.807, 2.05) is 20.4 Å². The minimum atomic E-state index is -0.560. The molecule has 2 N–H and O–H groups in total. The predicted octanol–water partition coefficient (Wildman–Crippen LogP) is -0.137. The van der Waals surface area contributed by atoms with Crippen molar-refractivity contribution >= 4 is 28.9 Å². The van der Waals surface area contributed by atoms with Crippen LogP contribution < -0.4 is 10.6 Å². The van der Waals surface area contributed by atoms with Crippen LogP contribution in [0.4, 0.5) is 5.95 Å². The molecule has 35 heavy (non-hydrogen) atoms. The van der Waals surface area contributed by atoms with Gasteiger partial charge in [-0.2, -0.15) is 5.26 Å². The number of carbonyl (C=O) groups is 2. The molecule has 0 spiro atoms. The zero-order chi connectivity index (χ0) is 24.4. The number of piperazine rings is 1. The Morgan fingerprint density at radius 3 is 2.57 bits per heavy atom. The molecule has 1 unspecified atom stereocenters. The second kappa shape index (κ2) is 9.63. The standard InChI is InChI=1S/C23H26N10O2/c24-9-17-10-26-23(27-11-17)32-7-5-31(6-8-32)20(34)14-30-4-3-16(12-30)13-33-15-28-19-2-1-18(21(25)35)29-22(19)33/h1-2,10-11,15-16H,3-8,12-14H2,(H2,25,35). The van der Waals surface area contributed by atoms with Gasteiger partial charge in [-0.3, -0.25) is 14.5 Å². The van der Waals surface area contributed by atoms with Crippen LogP contribution in [0.3, 0.4) is 0 Å². The van der Waals surface area contributed by atoms with Crippen LogP contribution in [0.5, 0.6) is 0 Å². The third-order valence-corrected chi connectivity index (χ3v) is 6.58. The number of nitriles is 1. The van der Waals surface area contributed by atoms with Gasteiger partial charge in [0, 0.05) is 39.3 Å². The first-order valence-electron chi connectivity index (χ1n) is 11.6. The number of nitrogens with zero attached hydrogens (tertiary/aromatic N) is 9. The summed E-state index contributed by atoms with van der Waals surface area (Å²) in [5.74, 6) is 0.523. The maximum Gasteiger partial charge on any atom is 0.267 e. The number of rotatable bonds is 6. The highest BCUT2D eigenvalue weighted by molar-refractivity contribution is 5.92. The van der Waals surface area contributed by atoms with E-state index in [2.05, 4.69) is 24.8 Å². The molecule has 12 nitrogen and oxygen atoms in total. The van der Waals surface area contributed by atoms with Crippen molar-refractivity contribution in [1.29, 1.82) is 5.26 Å². The minimum absolute atomic E-state index is 0.131. The maximum absolute atomic E-state index is 12.9. The van der Waals surface area contributed by atoms with Crippen LogP contribution in [0.25, 0.3) is 11.2 Å². The molecule has 0 saturated carbocycles. The van der Waals surface area contributed by atoms with Crippen molar-refractivity contribution < 1.29 is 9.59 Å². The van der Waals surface area contributed by atoms with Gasteiger partial charge in [-0.25, -0.2) is 19.9 Å². The lowest BCUT2D eigenvalue weighted by Crippen LogP contribution is -2.51. The first-order valence-corrected chi connectivity index (χ1v) is 11.6. The fourth-order valence-electron chi connectivity index (χ4n) is 4.68. The Morgan fingerprint density at radius 1 is 1.09 bits per heavy atom. The van der Waals surface area contributed by atoms with Crippen LogP contribution >= 0.6 is 0 Å². The summed E-state index contributed by atoms with van der Waals surface area (Å²) in [7, 11) is 0. The lowest BCUT2D eigenvalue weighted by atomic mass is 10.1. The Labute approximate surface area is 202 Å². The first-order chi connectivity index (χ1) is 17.0. The van der Waals surface area contributed by atoms with Gasteiger partial charge >= 0.3 is 0 Å². The Bertz CT molecular complexity index is 1270. The van der Waals surface area contributed by atoms with Crippen LogP contribution in [-0.2, 0) is 11.3 Å². The van der Waals surface area contributed by atoms with Gasteiger partial charge in [0.2, 0.25) is 11.9 Å². The Kier molecular flexibility index (Phi) is 6.24. The lowest BCUT2D eigenvalue weighted by Gasteiger charge is -2.35. The summed E-state index contributed by atoms with van der Waals surface area (Å²) in [6.45, 7) is 5.37. The zero-order valence-corrected chi connectivity index (χ0v) is 19.2. The number of carbonyl (C=O) groups excluding carboxylic acids is 2. The normalized spacial score (nSPS) is 18.7. The van der Waals surface area contributed by atoms with Crippen molar-refractivity contribution in [1.82, 2.24) is 34.3 Å². The fourth-order valence-corrected chi connectivity index (χ4v) is 4.68. The van der Waals surface area contributed by atoms with E-state index in [0.29, 0.717) is 55.8 Å². The van der Waals surface area contributed by atoms with Crippen molar-refractivity contribution in [2.75, 3.05) is 50.7 Å². The van der Waals surface area contributed by atoms with Crippen molar-refractivity contribution in [3.05, 3.63) is 42.1 Å².